The number of likely N-dealkylation sites (N-methyl/N-ethyl adjacent to an activating group) is 1. The molecule has 0 aliphatic rings. The van der Waals surface area contributed by atoms with Gasteiger partial charge >= 0.3 is 0 Å². The van der Waals surface area contributed by atoms with E-state index in [-0.39, 0.29) is 5.91 Å². The molecule has 1 amide bonds. The number of ether oxygens (including phenoxy) is 1. The zero-order valence-corrected chi connectivity index (χ0v) is 18.4. The SMILES string of the molecule is CCOc1cccc2sc(N(CCN(CC)CC)C(=O)c3ccnn3CC)nc12. The lowest BCUT2D eigenvalue weighted by Crippen LogP contribution is -2.39. The monoisotopic (exact) mass is 415 g/mol. The van der Waals surface area contributed by atoms with Gasteiger partial charge < -0.3 is 9.64 Å². The average Bonchev–Trinajstić information content (AvgIpc) is 3.38. The van der Waals surface area contributed by atoms with Crippen molar-refractivity contribution < 1.29 is 9.53 Å². The van der Waals surface area contributed by atoms with Crippen LogP contribution in [0.2, 0.25) is 0 Å². The first-order valence-electron chi connectivity index (χ1n) is 10.2. The number of thiazole rings is 1. The second-order valence-electron chi connectivity index (χ2n) is 6.55. The lowest BCUT2D eigenvalue weighted by atomic mass is 10.3. The number of rotatable bonds is 10. The molecule has 0 saturated heterocycles. The summed E-state index contributed by atoms with van der Waals surface area (Å²) in [5, 5.41) is 4.95. The standard InChI is InChI=1S/C21H29N5O2S/c1-5-24(6-2)14-15-25(20(27)16-12-13-22-26(16)7-3)21-23-19-17(28-8-4)10-9-11-18(19)29-21/h9-13H,5-8,14-15H2,1-4H3. The predicted octanol–water partition coefficient (Wildman–Crippen LogP) is 3.90. The Morgan fingerprint density at radius 1 is 1.14 bits per heavy atom. The maximum atomic E-state index is 13.4. The smallest absolute Gasteiger partial charge is 0.278 e. The van der Waals surface area contributed by atoms with Crippen LogP contribution in [0.15, 0.2) is 30.5 Å². The van der Waals surface area contributed by atoms with Gasteiger partial charge in [-0.1, -0.05) is 31.3 Å². The van der Waals surface area contributed by atoms with Crippen LogP contribution in [-0.4, -0.2) is 58.4 Å². The van der Waals surface area contributed by atoms with Gasteiger partial charge in [0.05, 0.1) is 11.3 Å². The van der Waals surface area contributed by atoms with Crippen LogP contribution in [0.1, 0.15) is 38.2 Å². The number of carbonyl (C=O) groups excluding carboxylic acids is 1. The summed E-state index contributed by atoms with van der Waals surface area (Å²) in [5.41, 5.74) is 1.38. The Labute approximate surface area is 175 Å². The van der Waals surface area contributed by atoms with Crippen molar-refractivity contribution in [3.8, 4) is 5.75 Å². The van der Waals surface area contributed by atoms with E-state index in [1.165, 1.54) is 11.3 Å². The maximum Gasteiger partial charge on any atom is 0.278 e. The summed E-state index contributed by atoms with van der Waals surface area (Å²) in [4.78, 5) is 22.3. The second-order valence-corrected chi connectivity index (χ2v) is 7.56. The van der Waals surface area contributed by atoms with Gasteiger partial charge in [-0.3, -0.25) is 14.4 Å². The Morgan fingerprint density at radius 2 is 1.93 bits per heavy atom. The van der Waals surface area contributed by atoms with Crippen molar-refractivity contribution in [3.05, 3.63) is 36.2 Å². The van der Waals surface area contributed by atoms with Gasteiger partial charge in [0, 0.05) is 25.8 Å². The van der Waals surface area contributed by atoms with Crippen molar-refractivity contribution >= 4 is 32.6 Å². The zero-order chi connectivity index (χ0) is 20.8. The van der Waals surface area contributed by atoms with Crippen LogP contribution < -0.4 is 9.64 Å². The van der Waals surface area contributed by atoms with Gasteiger partial charge in [-0.15, -0.1) is 0 Å². The highest BCUT2D eigenvalue weighted by molar-refractivity contribution is 7.22. The molecule has 29 heavy (non-hydrogen) atoms. The summed E-state index contributed by atoms with van der Waals surface area (Å²) in [5.74, 6) is 0.677. The molecule has 2 heterocycles. The minimum Gasteiger partial charge on any atom is -0.492 e. The number of amides is 1. The molecule has 7 nitrogen and oxygen atoms in total. The fraction of sp³-hybridized carbons (Fsp3) is 0.476. The molecule has 0 bridgehead atoms. The Balaban J connectivity index is 1.99. The van der Waals surface area contributed by atoms with E-state index in [9.17, 15) is 4.79 Å². The van der Waals surface area contributed by atoms with Crippen LogP contribution in [0.4, 0.5) is 5.13 Å². The number of nitrogens with zero attached hydrogens (tertiary/aromatic N) is 5. The van der Waals surface area contributed by atoms with Crippen LogP contribution in [0, 0.1) is 0 Å². The minimum absolute atomic E-state index is 0.0754. The first-order valence-corrected chi connectivity index (χ1v) is 11.0. The van der Waals surface area contributed by atoms with Crippen molar-refractivity contribution in [1.29, 1.82) is 0 Å². The number of fused-ring (bicyclic) bond motifs is 1. The molecule has 156 valence electrons. The van der Waals surface area contributed by atoms with Gasteiger partial charge in [0.15, 0.2) is 5.13 Å². The summed E-state index contributed by atoms with van der Waals surface area (Å²) in [6.07, 6.45) is 1.67. The van der Waals surface area contributed by atoms with Crippen LogP contribution in [0.3, 0.4) is 0 Å². The molecule has 3 rings (SSSR count). The van der Waals surface area contributed by atoms with Gasteiger partial charge in [0.1, 0.15) is 17.0 Å². The van der Waals surface area contributed by atoms with E-state index >= 15 is 0 Å². The molecule has 0 fully saturated rings. The van der Waals surface area contributed by atoms with Crippen LogP contribution in [-0.2, 0) is 6.54 Å². The van der Waals surface area contributed by atoms with Crippen LogP contribution in [0.25, 0.3) is 10.2 Å². The van der Waals surface area contributed by atoms with Crippen LogP contribution >= 0.6 is 11.3 Å². The van der Waals surface area contributed by atoms with E-state index in [1.807, 2.05) is 32.0 Å². The molecule has 0 saturated carbocycles. The number of para-hydroxylation sites is 1. The quantitative estimate of drug-likeness (QED) is 0.502. The normalized spacial score (nSPS) is 11.3. The van der Waals surface area contributed by atoms with Gasteiger partial charge in [0.2, 0.25) is 0 Å². The van der Waals surface area contributed by atoms with Gasteiger partial charge in [-0.05, 0) is 45.1 Å². The highest BCUT2D eigenvalue weighted by Crippen LogP contribution is 2.34. The van der Waals surface area contributed by atoms with E-state index < -0.39 is 0 Å². The summed E-state index contributed by atoms with van der Waals surface area (Å²) in [6.45, 7) is 12.7. The van der Waals surface area contributed by atoms with E-state index in [0.29, 0.717) is 30.5 Å². The second kappa shape index (κ2) is 9.84. The Hall–Kier alpha value is -2.45. The molecule has 1 aromatic carbocycles. The molecule has 0 unspecified atom stereocenters. The summed E-state index contributed by atoms with van der Waals surface area (Å²) < 4.78 is 8.47. The van der Waals surface area contributed by atoms with Gasteiger partial charge in [-0.2, -0.15) is 5.10 Å². The fourth-order valence-corrected chi connectivity index (χ4v) is 4.28. The molecule has 2 aromatic heterocycles. The van der Waals surface area contributed by atoms with E-state index in [0.717, 1.165) is 35.6 Å². The van der Waals surface area contributed by atoms with E-state index in [4.69, 9.17) is 9.72 Å². The van der Waals surface area contributed by atoms with Gasteiger partial charge in [-0.25, -0.2) is 4.98 Å². The van der Waals surface area contributed by atoms with Crippen molar-refractivity contribution in [2.45, 2.75) is 34.2 Å². The van der Waals surface area contributed by atoms with Crippen molar-refractivity contribution in [1.82, 2.24) is 19.7 Å². The fourth-order valence-electron chi connectivity index (χ4n) is 3.27. The topological polar surface area (TPSA) is 63.5 Å². The minimum atomic E-state index is -0.0754. The van der Waals surface area contributed by atoms with E-state index in [1.54, 1.807) is 21.8 Å². The number of hydrogen-bond acceptors (Lipinski definition) is 6. The number of anilines is 1. The lowest BCUT2D eigenvalue weighted by Gasteiger charge is -2.24. The van der Waals surface area contributed by atoms with Crippen molar-refractivity contribution in [2.24, 2.45) is 0 Å². The molecular weight excluding hydrogens is 386 g/mol. The molecule has 0 aliphatic heterocycles. The first kappa shape index (κ1) is 21.3. The third-order valence-corrected chi connectivity index (χ3v) is 5.96. The lowest BCUT2D eigenvalue weighted by molar-refractivity contribution is 0.0973. The highest BCUT2D eigenvalue weighted by Gasteiger charge is 2.25. The molecule has 3 aromatic rings. The number of aryl methyl sites for hydroxylation is 1. The zero-order valence-electron chi connectivity index (χ0n) is 17.6. The van der Waals surface area contributed by atoms with Gasteiger partial charge in [0.25, 0.3) is 5.91 Å². The Morgan fingerprint density at radius 3 is 2.62 bits per heavy atom. The number of carbonyl (C=O) groups is 1. The molecular formula is C21H29N5O2S. The summed E-state index contributed by atoms with van der Waals surface area (Å²) in [7, 11) is 0. The molecule has 0 radical (unpaired) electrons. The average molecular weight is 416 g/mol. The maximum absolute atomic E-state index is 13.4. The highest BCUT2D eigenvalue weighted by atomic mass is 32.1. The van der Waals surface area contributed by atoms with Crippen molar-refractivity contribution in [2.75, 3.05) is 37.7 Å². The predicted molar refractivity (Wildman–Crippen MR) is 118 cm³/mol. The number of hydrogen-bond donors (Lipinski definition) is 0. The summed E-state index contributed by atoms with van der Waals surface area (Å²) in [6, 6.07) is 7.67. The van der Waals surface area contributed by atoms with Crippen molar-refractivity contribution in [3.63, 3.8) is 0 Å². The number of aromatic nitrogens is 3. The molecule has 8 heteroatoms. The molecule has 0 aliphatic carbocycles. The largest absolute Gasteiger partial charge is 0.492 e. The molecule has 0 N–H and O–H groups in total. The summed E-state index contributed by atoms with van der Waals surface area (Å²) >= 11 is 1.52. The molecule has 0 atom stereocenters. The molecule has 0 spiro atoms. The Kier molecular flexibility index (Phi) is 7.22. The Bertz CT molecular complexity index is 948. The third kappa shape index (κ3) is 4.59. The van der Waals surface area contributed by atoms with Crippen LogP contribution in [0.5, 0.6) is 5.75 Å². The third-order valence-electron chi connectivity index (χ3n) is 4.92. The van der Waals surface area contributed by atoms with E-state index in [2.05, 4.69) is 23.8 Å². The first-order chi connectivity index (χ1) is 14.1. The number of benzene rings is 1.